The van der Waals surface area contributed by atoms with Crippen LogP contribution in [0.4, 0.5) is 0 Å². The van der Waals surface area contributed by atoms with Gasteiger partial charge >= 0.3 is 17.6 Å². The Kier molecular flexibility index (Phi) is 4.47. The second-order valence-corrected chi connectivity index (χ2v) is 4.94. The van der Waals surface area contributed by atoms with E-state index in [9.17, 15) is 19.5 Å². The molecule has 1 aromatic heterocycles. The van der Waals surface area contributed by atoms with Crippen LogP contribution in [0.15, 0.2) is 27.4 Å². The summed E-state index contributed by atoms with van der Waals surface area (Å²) >= 11 is 0. The van der Waals surface area contributed by atoms with Gasteiger partial charge in [-0.15, -0.1) is 0 Å². The molecule has 0 aliphatic carbocycles. The molecule has 0 fully saturated rings. The van der Waals surface area contributed by atoms with E-state index in [0.717, 1.165) is 6.07 Å². The number of fused-ring (bicyclic) bond motifs is 1. The molecular weight excluding hydrogens is 324 g/mol. The molecule has 0 atom stereocenters. The Morgan fingerprint density at radius 3 is 2.12 bits per heavy atom. The summed E-state index contributed by atoms with van der Waals surface area (Å²) in [5.41, 5.74) is -3.90. The second kappa shape index (κ2) is 6.20. The molecule has 0 saturated heterocycles. The third-order valence-electron chi connectivity index (χ3n) is 3.49. The van der Waals surface area contributed by atoms with Gasteiger partial charge in [-0.05, 0) is 11.6 Å². The third-order valence-corrected chi connectivity index (χ3v) is 3.49. The summed E-state index contributed by atoms with van der Waals surface area (Å²) in [6.07, 6.45) is -0.838. The number of carboxylic acid groups (broad SMARTS) is 2. The first-order valence-corrected chi connectivity index (χ1v) is 6.61. The van der Waals surface area contributed by atoms with Gasteiger partial charge in [0.2, 0.25) is 0 Å². The lowest BCUT2D eigenvalue weighted by Gasteiger charge is -2.19. The van der Waals surface area contributed by atoms with E-state index >= 15 is 0 Å². The summed E-state index contributed by atoms with van der Waals surface area (Å²) in [5, 5.41) is 28.1. The Bertz CT molecular complexity index is 851. The molecule has 0 unspecified atom stereocenters. The van der Waals surface area contributed by atoms with Crippen LogP contribution in [0.25, 0.3) is 11.0 Å². The molecule has 0 saturated carbocycles. The van der Waals surface area contributed by atoms with Gasteiger partial charge in [-0.25, -0.2) is 14.4 Å². The zero-order valence-corrected chi connectivity index (χ0v) is 12.7. The molecule has 9 nitrogen and oxygen atoms in total. The zero-order valence-electron chi connectivity index (χ0n) is 12.7. The van der Waals surface area contributed by atoms with Gasteiger partial charge in [0, 0.05) is 23.9 Å². The molecule has 1 aromatic carbocycles. The van der Waals surface area contributed by atoms with Crippen LogP contribution in [0.3, 0.4) is 0 Å². The Hall–Kier alpha value is -3.07. The monoisotopic (exact) mass is 338 g/mol. The topological polar surface area (TPSA) is 144 Å². The summed E-state index contributed by atoms with van der Waals surface area (Å²) in [5.74, 6) is -3.37. The van der Waals surface area contributed by atoms with Crippen molar-refractivity contribution in [1.29, 1.82) is 0 Å². The fraction of sp³-hybridized carbons (Fsp3) is 0.267. The van der Waals surface area contributed by atoms with Crippen LogP contribution >= 0.6 is 0 Å². The first kappa shape index (κ1) is 17.3. The van der Waals surface area contributed by atoms with E-state index in [1.165, 1.54) is 26.4 Å². The smallest absolute Gasteiger partial charge is 0.347 e. The molecule has 0 amide bonds. The number of benzene rings is 1. The van der Waals surface area contributed by atoms with E-state index in [0.29, 0.717) is 0 Å². The Morgan fingerprint density at radius 2 is 1.62 bits per heavy atom. The number of methoxy groups -OCH3 is 2. The van der Waals surface area contributed by atoms with Crippen LogP contribution in [0.1, 0.15) is 5.56 Å². The molecule has 0 bridgehead atoms. The van der Waals surface area contributed by atoms with Crippen LogP contribution < -0.4 is 15.1 Å². The summed E-state index contributed by atoms with van der Waals surface area (Å²) in [6, 6.07) is 3.67. The maximum absolute atomic E-state index is 11.7. The highest BCUT2D eigenvalue weighted by atomic mass is 16.5. The van der Waals surface area contributed by atoms with Gasteiger partial charge in [-0.1, -0.05) is 0 Å². The molecular formula is C15H14O9. The molecule has 24 heavy (non-hydrogen) atoms. The summed E-state index contributed by atoms with van der Waals surface area (Å²) < 4.78 is 15.2. The first-order valence-electron chi connectivity index (χ1n) is 6.61. The van der Waals surface area contributed by atoms with E-state index in [4.69, 9.17) is 24.1 Å². The van der Waals surface area contributed by atoms with Crippen LogP contribution in [-0.2, 0) is 16.0 Å². The van der Waals surface area contributed by atoms with E-state index in [1.54, 1.807) is 0 Å². The number of aliphatic carboxylic acids is 2. The molecule has 0 aliphatic heterocycles. The molecule has 1 heterocycles. The predicted octanol–water partition coefficient (Wildman–Crippen LogP) is 0.253. The average molecular weight is 338 g/mol. The summed E-state index contributed by atoms with van der Waals surface area (Å²) in [6.45, 7) is 0. The van der Waals surface area contributed by atoms with Gasteiger partial charge in [0.25, 0.3) is 5.60 Å². The van der Waals surface area contributed by atoms with E-state index in [2.05, 4.69) is 0 Å². The molecule has 0 aliphatic rings. The molecule has 2 rings (SSSR count). The number of rotatable bonds is 6. The molecule has 0 radical (unpaired) electrons. The van der Waals surface area contributed by atoms with Crippen molar-refractivity contribution in [3.63, 3.8) is 0 Å². The number of carbonyl (C=O) groups is 2. The van der Waals surface area contributed by atoms with Crippen molar-refractivity contribution in [2.75, 3.05) is 14.2 Å². The van der Waals surface area contributed by atoms with Crippen molar-refractivity contribution in [3.8, 4) is 11.5 Å². The number of carboxylic acids is 2. The number of hydrogen-bond donors (Lipinski definition) is 3. The fourth-order valence-electron chi connectivity index (χ4n) is 2.22. The molecule has 128 valence electrons. The lowest BCUT2D eigenvalue weighted by molar-refractivity contribution is -0.175. The number of ether oxygens (including phenoxy) is 2. The minimum Gasteiger partial charge on any atom is -0.493 e. The van der Waals surface area contributed by atoms with Crippen molar-refractivity contribution in [1.82, 2.24) is 0 Å². The lowest BCUT2D eigenvalue weighted by atomic mass is 9.93. The van der Waals surface area contributed by atoms with Crippen LogP contribution in [0.2, 0.25) is 0 Å². The maximum atomic E-state index is 11.7. The highest BCUT2D eigenvalue weighted by Gasteiger charge is 2.45. The van der Waals surface area contributed by atoms with Gasteiger partial charge < -0.3 is 29.2 Å². The van der Waals surface area contributed by atoms with E-state index in [1.807, 2.05) is 0 Å². The van der Waals surface area contributed by atoms with Crippen molar-refractivity contribution >= 4 is 22.9 Å². The molecule has 3 N–H and O–H groups in total. The van der Waals surface area contributed by atoms with Crippen molar-refractivity contribution in [2.24, 2.45) is 0 Å². The zero-order chi connectivity index (χ0) is 18.1. The largest absolute Gasteiger partial charge is 0.493 e. The van der Waals surface area contributed by atoms with Crippen molar-refractivity contribution in [2.45, 2.75) is 12.0 Å². The summed E-state index contributed by atoms with van der Waals surface area (Å²) in [4.78, 5) is 33.9. The number of hydrogen-bond acceptors (Lipinski definition) is 7. The van der Waals surface area contributed by atoms with Crippen LogP contribution in [0.5, 0.6) is 11.5 Å². The van der Waals surface area contributed by atoms with Gasteiger partial charge in [0.05, 0.1) is 14.2 Å². The van der Waals surface area contributed by atoms with Crippen LogP contribution in [0, 0.1) is 0 Å². The highest BCUT2D eigenvalue weighted by Crippen LogP contribution is 2.34. The molecule has 9 heteroatoms. The predicted molar refractivity (Wildman–Crippen MR) is 79.5 cm³/mol. The van der Waals surface area contributed by atoms with Gasteiger partial charge in [-0.3, -0.25) is 0 Å². The number of aliphatic hydroxyl groups is 1. The fourth-order valence-corrected chi connectivity index (χ4v) is 2.22. The van der Waals surface area contributed by atoms with Crippen molar-refractivity contribution < 1.29 is 38.8 Å². The van der Waals surface area contributed by atoms with E-state index < -0.39 is 29.6 Å². The first-order chi connectivity index (χ1) is 11.2. The Balaban J connectivity index is 2.72. The standard InChI is InChI=1S/C15H14O9/c1-22-10-4-8-7(6-15(21,13(17)18)14(19)20)3-12(16)24-9(8)5-11(10)23-2/h3-5,21H,6H2,1-2H3,(H,17,18)(H,19,20). The summed E-state index contributed by atoms with van der Waals surface area (Å²) in [7, 11) is 2.74. The van der Waals surface area contributed by atoms with Gasteiger partial charge in [0.15, 0.2) is 11.5 Å². The minimum absolute atomic E-state index is 0.0190. The van der Waals surface area contributed by atoms with E-state index in [-0.39, 0.29) is 28.0 Å². The van der Waals surface area contributed by atoms with Gasteiger partial charge in [0.1, 0.15) is 5.58 Å². The Labute approximate surface area is 134 Å². The maximum Gasteiger partial charge on any atom is 0.347 e. The van der Waals surface area contributed by atoms with Crippen molar-refractivity contribution in [3.05, 3.63) is 34.2 Å². The second-order valence-electron chi connectivity index (χ2n) is 4.94. The normalized spacial score (nSPS) is 11.3. The lowest BCUT2D eigenvalue weighted by Crippen LogP contribution is -2.48. The SMILES string of the molecule is COc1cc2oc(=O)cc(CC(O)(C(=O)O)C(=O)O)c2cc1OC. The highest BCUT2D eigenvalue weighted by molar-refractivity contribution is 6.02. The van der Waals surface area contributed by atoms with Crippen LogP contribution in [-0.4, -0.2) is 47.1 Å². The quantitative estimate of drug-likeness (QED) is 0.498. The molecule has 2 aromatic rings. The Morgan fingerprint density at radius 1 is 1.08 bits per heavy atom. The average Bonchev–Trinajstić information content (AvgIpc) is 2.52. The molecule has 0 spiro atoms. The minimum atomic E-state index is -3.09. The van der Waals surface area contributed by atoms with Gasteiger partial charge in [-0.2, -0.15) is 0 Å². The third kappa shape index (κ3) is 2.88.